The molecule has 1 aliphatic heterocycles. The van der Waals surface area contributed by atoms with Gasteiger partial charge in [0.25, 0.3) is 0 Å². The molecule has 0 aromatic carbocycles. The fourth-order valence-electron chi connectivity index (χ4n) is 3.60. The summed E-state index contributed by atoms with van der Waals surface area (Å²) < 4.78 is 0. The van der Waals surface area contributed by atoms with Gasteiger partial charge in [0.1, 0.15) is 0 Å². The average molecular weight is 274 g/mol. The molecule has 0 spiro atoms. The van der Waals surface area contributed by atoms with Crippen molar-refractivity contribution in [2.45, 2.75) is 64.6 Å². The van der Waals surface area contributed by atoms with E-state index in [2.05, 4.69) is 46.4 Å². The van der Waals surface area contributed by atoms with Crippen molar-refractivity contribution in [3.63, 3.8) is 0 Å². The lowest BCUT2D eigenvalue weighted by atomic mass is 9.85. The second-order valence-corrected chi connectivity index (χ2v) is 6.51. The highest BCUT2D eigenvalue weighted by Crippen LogP contribution is 2.37. The van der Waals surface area contributed by atoms with Crippen molar-refractivity contribution in [2.75, 3.05) is 11.4 Å². The number of anilines is 1. The lowest BCUT2D eigenvalue weighted by molar-refractivity contribution is 0.341. The van der Waals surface area contributed by atoms with Gasteiger partial charge in [-0.3, -0.25) is 0 Å². The van der Waals surface area contributed by atoms with E-state index in [1.165, 1.54) is 32.1 Å². The van der Waals surface area contributed by atoms with Gasteiger partial charge in [-0.1, -0.05) is 26.7 Å². The monoisotopic (exact) mass is 274 g/mol. The molecule has 0 amide bonds. The van der Waals surface area contributed by atoms with Crippen LogP contribution in [0.25, 0.3) is 0 Å². The highest BCUT2D eigenvalue weighted by molar-refractivity contribution is 5.40. The summed E-state index contributed by atoms with van der Waals surface area (Å²) in [6, 6.07) is 5.48. The fraction of sp³-hybridized carbons (Fsp3) is 0.750. The van der Waals surface area contributed by atoms with Crippen LogP contribution in [0.5, 0.6) is 0 Å². The molecule has 4 heteroatoms. The standard InChI is InChI=1S/C16H26N4/c1-12(2)17-11-14-7-8-16(19-18-14)20-10-9-13-5-3-4-6-15(13)20/h7-8,12-13,15,17H,3-6,9-11H2,1-2H3. The van der Waals surface area contributed by atoms with Crippen molar-refractivity contribution in [1.29, 1.82) is 0 Å². The smallest absolute Gasteiger partial charge is 0.151 e. The fourth-order valence-corrected chi connectivity index (χ4v) is 3.60. The molecule has 2 atom stereocenters. The minimum absolute atomic E-state index is 0.484. The van der Waals surface area contributed by atoms with Crippen LogP contribution in [0, 0.1) is 5.92 Å². The lowest BCUT2D eigenvalue weighted by Crippen LogP contribution is -2.35. The number of hydrogen-bond donors (Lipinski definition) is 1. The van der Waals surface area contributed by atoms with Crippen LogP contribution in [-0.2, 0) is 6.54 Å². The van der Waals surface area contributed by atoms with E-state index >= 15 is 0 Å². The van der Waals surface area contributed by atoms with Crippen molar-refractivity contribution in [3.8, 4) is 0 Å². The summed E-state index contributed by atoms with van der Waals surface area (Å²) in [5.41, 5.74) is 1.03. The molecule has 1 aliphatic carbocycles. The zero-order chi connectivity index (χ0) is 13.9. The molecule has 2 unspecified atom stereocenters. The van der Waals surface area contributed by atoms with Gasteiger partial charge in [-0.25, -0.2) is 0 Å². The second kappa shape index (κ2) is 6.08. The normalized spacial score (nSPS) is 26.1. The predicted octanol–water partition coefficient (Wildman–Crippen LogP) is 2.74. The van der Waals surface area contributed by atoms with Gasteiger partial charge in [-0.2, -0.15) is 5.10 Å². The van der Waals surface area contributed by atoms with Crippen LogP contribution in [0.15, 0.2) is 12.1 Å². The largest absolute Gasteiger partial charge is 0.352 e. The maximum absolute atomic E-state index is 4.47. The van der Waals surface area contributed by atoms with Crippen LogP contribution in [0.1, 0.15) is 51.6 Å². The molecule has 110 valence electrons. The molecule has 0 bridgehead atoms. The van der Waals surface area contributed by atoms with Crippen molar-refractivity contribution in [3.05, 3.63) is 17.8 Å². The molecule has 4 nitrogen and oxygen atoms in total. The number of nitrogens with one attached hydrogen (secondary N) is 1. The molecule has 1 aromatic rings. The van der Waals surface area contributed by atoms with E-state index in [1.54, 1.807) is 0 Å². The number of nitrogens with zero attached hydrogens (tertiary/aromatic N) is 3. The molecule has 1 aromatic heterocycles. The van der Waals surface area contributed by atoms with Crippen molar-refractivity contribution in [2.24, 2.45) is 5.92 Å². The van der Waals surface area contributed by atoms with E-state index in [1.807, 2.05) is 0 Å². The summed E-state index contributed by atoms with van der Waals surface area (Å²) in [6.07, 6.45) is 6.87. The number of hydrogen-bond acceptors (Lipinski definition) is 4. The van der Waals surface area contributed by atoms with Gasteiger partial charge < -0.3 is 10.2 Å². The first-order valence-electron chi connectivity index (χ1n) is 8.06. The highest BCUT2D eigenvalue weighted by atomic mass is 15.3. The van der Waals surface area contributed by atoms with Crippen LogP contribution in [0.3, 0.4) is 0 Å². The average Bonchev–Trinajstić information content (AvgIpc) is 2.89. The minimum atomic E-state index is 0.484. The van der Waals surface area contributed by atoms with Gasteiger partial charge in [0.2, 0.25) is 0 Å². The van der Waals surface area contributed by atoms with E-state index in [-0.39, 0.29) is 0 Å². The quantitative estimate of drug-likeness (QED) is 0.916. The molecular weight excluding hydrogens is 248 g/mol. The maximum Gasteiger partial charge on any atom is 0.151 e. The first kappa shape index (κ1) is 13.8. The topological polar surface area (TPSA) is 41.0 Å². The van der Waals surface area contributed by atoms with Crippen LogP contribution < -0.4 is 10.2 Å². The summed E-state index contributed by atoms with van der Waals surface area (Å²) in [4.78, 5) is 2.50. The Kier molecular flexibility index (Phi) is 4.20. The third-order valence-electron chi connectivity index (χ3n) is 4.70. The van der Waals surface area contributed by atoms with E-state index in [9.17, 15) is 0 Å². The Morgan fingerprint density at radius 1 is 1.20 bits per heavy atom. The summed E-state index contributed by atoms with van der Waals surface area (Å²) >= 11 is 0. The minimum Gasteiger partial charge on any atom is -0.352 e. The van der Waals surface area contributed by atoms with Gasteiger partial charge in [0.15, 0.2) is 5.82 Å². The van der Waals surface area contributed by atoms with Crippen molar-refractivity contribution in [1.82, 2.24) is 15.5 Å². The summed E-state index contributed by atoms with van der Waals surface area (Å²) in [6.45, 7) is 6.26. The van der Waals surface area contributed by atoms with E-state index in [0.717, 1.165) is 36.6 Å². The number of rotatable bonds is 4. The lowest BCUT2D eigenvalue weighted by Gasteiger charge is -2.32. The molecule has 2 aliphatic rings. The summed E-state index contributed by atoms with van der Waals surface area (Å²) in [5.74, 6) is 1.97. The molecular formula is C16H26N4. The van der Waals surface area contributed by atoms with Crippen molar-refractivity contribution >= 4 is 5.82 Å². The van der Waals surface area contributed by atoms with E-state index in [0.29, 0.717) is 6.04 Å². The highest BCUT2D eigenvalue weighted by Gasteiger charge is 2.36. The first-order valence-corrected chi connectivity index (χ1v) is 8.06. The van der Waals surface area contributed by atoms with Gasteiger partial charge in [-0.15, -0.1) is 5.10 Å². The van der Waals surface area contributed by atoms with Gasteiger partial charge in [0, 0.05) is 25.2 Å². The Bertz CT molecular complexity index is 429. The Morgan fingerprint density at radius 3 is 2.80 bits per heavy atom. The number of aromatic nitrogens is 2. The van der Waals surface area contributed by atoms with Gasteiger partial charge in [0.05, 0.1) is 5.69 Å². The maximum atomic E-state index is 4.47. The predicted molar refractivity (Wildman–Crippen MR) is 81.7 cm³/mol. The van der Waals surface area contributed by atoms with Gasteiger partial charge in [-0.05, 0) is 37.3 Å². The molecule has 1 N–H and O–H groups in total. The van der Waals surface area contributed by atoms with E-state index in [4.69, 9.17) is 0 Å². The second-order valence-electron chi connectivity index (χ2n) is 6.51. The molecule has 3 rings (SSSR count). The zero-order valence-corrected chi connectivity index (χ0v) is 12.7. The summed E-state index contributed by atoms with van der Waals surface area (Å²) in [5, 5.41) is 12.2. The Balaban J connectivity index is 1.65. The Labute approximate surface area is 122 Å². The molecule has 1 saturated heterocycles. The molecule has 1 saturated carbocycles. The van der Waals surface area contributed by atoms with Crippen molar-refractivity contribution < 1.29 is 0 Å². The molecule has 0 radical (unpaired) electrons. The third kappa shape index (κ3) is 2.95. The van der Waals surface area contributed by atoms with Crippen LogP contribution in [-0.4, -0.2) is 28.8 Å². The van der Waals surface area contributed by atoms with Crippen LogP contribution in [0.4, 0.5) is 5.82 Å². The van der Waals surface area contributed by atoms with Crippen LogP contribution >= 0.6 is 0 Å². The molecule has 2 heterocycles. The van der Waals surface area contributed by atoms with E-state index < -0.39 is 0 Å². The summed E-state index contributed by atoms with van der Waals surface area (Å²) in [7, 11) is 0. The van der Waals surface area contributed by atoms with Gasteiger partial charge >= 0.3 is 0 Å². The molecule has 20 heavy (non-hydrogen) atoms. The van der Waals surface area contributed by atoms with Crippen LogP contribution in [0.2, 0.25) is 0 Å². The number of fused-ring (bicyclic) bond motifs is 1. The Morgan fingerprint density at radius 2 is 2.05 bits per heavy atom. The third-order valence-corrected chi connectivity index (χ3v) is 4.70. The Hall–Kier alpha value is -1.16. The molecule has 2 fully saturated rings. The zero-order valence-electron chi connectivity index (χ0n) is 12.7. The SMILES string of the molecule is CC(C)NCc1ccc(N2CCC3CCCCC32)nn1. The first-order chi connectivity index (χ1) is 9.74.